The van der Waals surface area contributed by atoms with Gasteiger partial charge in [-0.15, -0.1) is 0 Å². The molecule has 0 bridgehead atoms. The normalized spacial score (nSPS) is 10.2. The summed E-state index contributed by atoms with van der Waals surface area (Å²) in [7, 11) is 4.87. The van der Waals surface area contributed by atoms with Crippen LogP contribution in [0.4, 0.5) is 5.69 Å². The highest BCUT2D eigenvalue weighted by molar-refractivity contribution is 5.81. The number of nitrogens with two attached hydrogens (primary N) is 1. The molecule has 0 unspecified atom stereocenters. The van der Waals surface area contributed by atoms with E-state index in [9.17, 15) is 0 Å². The Hall–Kier alpha value is -2.36. The van der Waals surface area contributed by atoms with Crippen molar-refractivity contribution in [1.82, 2.24) is 0 Å². The average Bonchev–Trinajstić information content (AvgIpc) is 2.46. The number of nitrogen functional groups attached to an aromatic ring is 1. The zero-order valence-electron chi connectivity index (χ0n) is 12.2. The molecule has 2 rings (SSSR count). The minimum atomic E-state index is 0.690. The second-order valence-electron chi connectivity index (χ2n) is 4.48. The number of rotatable bonds is 4. The van der Waals surface area contributed by atoms with Gasteiger partial charge in [-0.1, -0.05) is 6.07 Å². The van der Waals surface area contributed by atoms with E-state index in [0.717, 1.165) is 22.4 Å². The number of hydrogen-bond acceptors (Lipinski definition) is 4. The van der Waals surface area contributed by atoms with Gasteiger partial charge in [0, 0.05) is 17.8 Å². The Morgan fingerprint density at radius 2 is 1.45 bits per heavy atom. The van der Waals surface area contributed by atoms with Crippen molar-refractivity contribution >= 4 is 5.69 Å². The van der Waals surface area contributed by atoms with Gasteiger partial charge in [0.05, 0.1) is 26.9 Å². The van der Waals surface area contributed by atoms with Crippen LogP contribution in [0.25, 0.3) is 11.1 Å². The Kier molecular flexibility index (Phi) is 4.03. The lowest BCUT2D eigenvalue weighted by Crippen LogP contribution is -1.97. The van der Waals surface area contributed by atoms with Crippen LogP contribution in [-0.2, 0) is 0 Å². The monoisotopic (exact) mass is 273 g/mol. The SMILES string of the molecule is COc1cc(OC)c(-c2ccc(N)cc2C)c(OC)c1. The van der Waals surface area contributed by atoms with Crippen molar-refractivity contribution in [3.8, 4) is 28.4 Å². The van der Waals surface area contributed by atoms with Crippen molar-refractivity contribution in [3.63, 3.8) is 0 Å². The minimum absolute atomic E-state index is 0.690. The molecule has 4 heteroatoms. The molecule has 2 aromatic rings. The lowest BCUT2D eigenvalue weighted by molar-refractivity contribution is 0.377. The second-order valence-corrected chi connectivity index (χ2v) is 4.48. The smallest absolute Gasteiger partial charge is 0.134 e. The lowest BCUT2D eigenvalue weighted by Gasteiger charge is -2.17. The van der Waals surface area contributed by atoms with Crippen molar-refractivity contribution in [1.29, 1.82) is 0 Å². The summed E-state index contributed by atoms with van der Waals surface area (Å²) in [5.41, 5.74) is 9.53. The van der Waals surface area contributed by atoms with Gasteiger partial charge in [0.15, 0.2) is 0 Å². The number of aryl methyl sites for hydroxylation is 1. The molecule has 20 heavy (non-hydrogen) atoms. The van der Waals surface area contributed by atoms with Gasteiger partial charge in [-0.3, -0.25) is 0 Å². The Morgan fingerprint density at radius 3 is 1.90 bits per heavy atom. The van der Waals surface area contributed by atoms with E-state index in [4.69, 9.17) is 19.9 Å². The van der Waals surface area contributed by atoms with Crippen LogP contribution in [0.3, 0.4) is 0 Å². The second kappa shape index (κ2) is 5.74. The van der Waals surface area contributed by atoms with Gasteiger partial charge in [-0.2, -0.15) is 0 Å². The molecule has 0 saturated heterocycles. The fourth-order valence-electron chi connectivity index (χ4n) is 2.24. The quantitative estimate of drug-likeness (QED) is 0.869. The molecule has 0 saturated carbocycles. The molecule has 0 aliphatic heterocycles. The molecule has 0 amide bonds. The summed E-state index contributed by atoms with van der Waals surface area (Å²) in [5, 5.41) is 0. The maximum absolute atomic E-state index is 5.81. The molecule has 0 aliphatic carbocycles. The van der Waals surface area contributed by atoms with E-state index in [-0.39, 0.29) is 0 Å². The molecule has 0 aromatic heterocycles. The van der Waals surface area contributed by atoms with Crippen LogP contribution >= 0.6 is 0 Å². The Morgan fingerprint density at radius 1 is 0.850 bits per heavy atom. The Labute approximate surface area is 119 Å². The molecule has 0 aliphatic rings. The van der Waals surface area contributed by atoms with Crippen LogP contribution in [0.5, 0.6) is 17.2 Å². The first kappa shape index (κ1) is 14.1. The van der Waals surface area contributed by atoms with Gasteiger partial charge in [0.2, 0.25) is 0 Å². The topological polar surface area (TPSA) is 53.7 Å². The van der Waals surface area contributed by atoms with Crippen LogP contribution < -0.4 is 19.9 Å². The minimum Gasteiger partial charge on any atom is -0.496 e. The summed E-state index contributed by atoms with van der Waals surface area (Å²) in [6, 6.07) is 9.45. The molecular weight excluding hydrogens is 254 g/mol. The van der Waals surface area contributed by atoms with Crippen LogP contribution in [0, 0.1) is 6.92 Å². The predicted octanol–water partition coefficient (Wildman–Crippen LogP) is 3.27. The van der Waals surface area contributed by atoms with Gasteiger partial charge in [0.25, 0.3) is 0 Å². The molecular formula is C16H19NO3. The number of benzene rings is 2. The van der Waals surface area contributed by atoms with Crippen LogP contribution in [0.2, 0.25) is 0 Å². The first-order chi connectivity index (χ1) is 9.60. The van der Waals surface area contributed by atoms with Crippen molar-refractivity contribution in [2.24, 2.45) is 0 Å². The molecule has 2 aromatic carbocycles. The predicted molar refractivity (Wildman–Crippen MR) is 80.7 cm³/mol. The van der Waals surface area contributed by atoms with Gasteiger partial charge < -0.3 is 19.9 Å². The van der Waals surface area contributed by atoms with Gasteiger partial charge >= 0.3 is 0 Å². The first-order valence-electron chi connectivity index (χ1n) is 6.27. The summed E-state index contributed by atoms with van der Waals surface area (Å²) in [6.07, 6.45) is 0. The average molecular weight is 273 g/mol. The molecule has 0 heterocycles. The van der Waals surface area contributed by atoms with Crippen LogP contribution in [0.15, 0.2) is 30.3 Å². The van der Waals surface area contributed by atoms with Crippen molar-refractivity contribution in [2.75, 3.05) is 27.1 Å². The zero-order chi connectivity index (χ0) is 14.7. The summed E-state index contributed by atoms with van der Waals surface area (Å²) < 4.78 is 16.2. The molecule has 106 valence electrons. The Balaban J connectivity index is 2.71. The summed E-state index contributed by atoms with van der Waals surface area (Å²) >= 11 is 0. The highest BCUT2D eigenvalue weighted by atomic mass is 16.5. The van der Waals surface area contributed by atoms with E-state index in [2.05, 4.69) is 0 Å². The van der Waals surface area contributed by atoms with E-state index in [1.165, 1.54) is 0 Å². The summed E-state index contributed by atoms with van der Waals surface area (Å²) in [4.78, 5) is 0. The molecule has 0 spiro atoms. The highest BCUT2D eigenvalue weighted by Gasteiger charge is 2.16. The largest absolute Gasteiger partial charge is 0.496 e. The number of anilines is 1. The zero-order valence-corrected chi connectivity index (χ0v) is 12.2. The molecule has 4 nitrogen and oxygen atoms in total. The van der Waals surface area contributed by atoms with Crippen LogP contribution in [0.1, 0.15) is 5.56 Å². The molecule has 0 radical (unpaired) electrons. The van der Waals surface area contributed by atoms with E-state index in [1.807, 2.05) is 37.3 Å². The maximum atomic E-state index is 5.81. The van der Waals surface area contributed by atoms with Gasteiger partial charge in [-0.05, 0) is 30.2 Å². The molecule has 0 fully saturated rings. The van der Waals surface area contributed by atoms with E-state index in [1.54, 1.807) is 21.3 Å². The lowest BCUT2D eigenvalue weighted by atomic mass is 9.98. The van der Waals surface area contributed by atoms with Gasteiger partial charge in [0.1, 0.15) is 17.2 Å². The van der Waals surface area contributed by atoms with Gasteiger partial charge in [-0.25, -0.2) is 0 Å². The summed E-state index contributed by atoms with van der Waals surface area (Å²) in [5.74, 6) is 2.10. The van der Waals surface area contributed by atoms with Crippen molar-refractivity contribution in [2.45, 2.75) is 6.92 Å². The maximum Gasteiger partial charge on any atom is 0.134 e. The Bertz CT molecular complexity index is 598. The fourth-order valence-corrected chi connectivity index (χ4v) is 2.24. The number of hydrogen-bond donors (Lipinski definition) is 1. The number of methoxy groups -OCH3 is 3. The third-order valence-electron chi connectivity index (χ3n) is 3.23. The van der Waals surface area contributed by atoms with Crippen LogP contribution in [-0.4, -0.2) is 21.3 Å². The van der Waals surface area contributed by atoms with E-state index >= 15 is 0 Å². The molecule has 2 N–H and O–H groups in total. The van der Waals surface area contributed by atoms with Crippen molar-refractivity contribution in [3.05, 3.63) is 35.9 Å². The highest BCUT2D eigenvalue weighted by Crippen LogP contribution is 2.43. The first-order valence-corrected chi connectivity index (χ1v) is 6.27. The molecule has 0 atom stereocenters. The van der Waals surface area contributed by atoms with E-state index in [0.29, 0.717) is 17.2 Å². The number of ether oxygens (including phenoxy) is 3. The van der Waals surface area contributed by atoms with Crippen molar-refractivity contribution < 1.29 is 14.2 Å². The third kappa shape index (κ3) is 2.50. The standard InChI is InChI=1S/C16H19NO3/c1-10-7-11(17)5-6-13(10)16-14(19-3)8-12(18-2)9-15(16)20-4/h5-9H,17H2,1-4H3. The van der Waals surface area contributed by atoms with E-state index < -0.39 is 0 Å². The fraction of sp³-hybridized carbons (Fsp3) is 0.250. The third-order valence-corrected chi connectivity index (χ3v) is 3.23. The summed E-state index contributed by atoms with van der Waals surface area (Å²) in [6.45, 7) is 2.01.